The van der Waals surface area contributed by atoms with Crippen molar-refractivity contribution in [3.63, 3.8) is 0 Å². The van der Waals surface area contributed by atoms with Crippen molar-refractivity contribution in [3.8, 4) is 0 Å². The Labute approximate surface area is 140 Å². The van der Waals surface area contributed by atoms with E-state index >= 15 is 0 Å². The number of anilines is 1. The van der Waals surface area contributed by atoms with E-state index in [0.29, 0.717) is 12.3 Å². The molecule has 2 heterocycles. The van der Waals surface area contributed by atoms with Crippen molar-refractivity contribution in [2.75, 3.05) is 31.1 Å². The molecule has 0 aliphatic carbocycles. The van der Waals surface area contributed by atoms with E-state index in [4.69, 9.17) is 4.42 Å². The maximum atomic E-state index is 12.1. The van der Waals surface area contributed by atoms with E-state index in [-0.39, 0.29) is 5.76 Å². The SMILES string of the molecule is Cc1ccccc1N1CCN(Cn2c(=O)oc3ccccc32)CC1. The van der Waals surface area contributed by atoms with Gasteiger partial charge in [-0.05, 0) is 30.7 Å². The first kappa shape index (κ1) is 15.0. The number of piperazine rings is 1. The van der Waals surface area contributed by atoms with E-state index in [2.05, 4.69) is 41.0 Å². The number of aromatic nitrogens is 1. The van der Waals surface area contributed by atoms with Gasteiger partial charge in [0.15, 0.2) is 5.58 Å². The van der Waals surface area contributed by atoms with Crippen LogP contribution in [0.1, 0.15) is 5.56 Å². The van der Waals surface area contributed by atoms with E-state index in [0.717, 1.165) is 31.7 Å². The standard InChI is InChI=1S/C19H21N3O2/c1-15-6-2-3-7-16(15)21-12-10-20(11-13-21)14-22-17-8-4-5-9-18(17)24-19(22)23/h2-9H,10-14H2,1H3. The number of oxazole rings is 1. The predicted molar refractivity (Wildman–Crippen MR) is 95.4 cm³/mol. The summed E-state index contributed by atoms with van der Waals surface area (Å²) in [5.74, 6) is -0.280. The van der Waals surface area contributed by atoms with Crippen molar-refractivity contribution >= 4 is 16.8 Å². The average molecular weight is 323 g/mol. The first-order chi connectivity index (χ1) is 11.7. The molecule has 1 aliphatic rings. The summed E-state index contributed by atoms with van der Waals surface area (Å²) in [4.78, 5) is 16.8. The van der Waals surface area contributed by atoms with Gasteiger partial charge < -0.3 is 9.32 Å². The highest BCUT2D eigenvalue weighted by atomic mass is 16.4. The minimum Gasteiger partial charge on any atom is -0.408 e. The summed E-state index contributed by atoms with van der Waals surface area (Å²) in [6, 6.07) is 16.1. The van der Waals surface area contributed by atoms with E-state index in [1.165, 1.54) is 11.3 Å². The monoisotopic (exact) mass is 323 g/mol. The zero-order valence-corrected chi connectivity index (χ0v) is 13.8. The molecule has 0 unspecified atom stereocenters. The summed E-state index contributed by atoms with van der Waals surface area (Å²) in [7, 11) is 0. The molecule has 1 saturated heterocycles. The van der Waals surface area contributed by atoms with Crippen LogP contribution in [0.25, 0.3) is 11.1 Å². The molecule has 0 radical (unpaired) electrons. The van der Waals surface area contributed by atoms with Gasteiger partial charge in [-0.3, -0.25) is 9.47 Å². The van der Waals surface area contributed by atoms with E-state index in [1.807, 2.05) is 24.3 Å². The Balaban J connectivity index is 1.48. The largest absolute Gasteiger partial charge is 0.421 e. The number of benzene rings is 2. The zero-order chi connectivity index (χ0) is 16.5. The van der Waals surface area contributed by atoms with Gasteiger partial charge >= 0.3 is 5.76 Å². The first-order valence-electron chi connectivity index (χ1n) is 8.34. The quantitative estimate of drug-likeness (QED) is 0.743. The van der Waals surface area contributed by atoms with Crippen LogP contribution in [0.5, 0.6) is 0 Å². The number of nitrogens with zero attached hydrogens (tertiary/aromatic N) is 3. The summed E-state index contributed by atoms with van der Waals surface area (Å²) in [6.07, 6.45) is 0. The van der Waals surface area contributed by atoms with Crippen LogP contribution in [-0.2, 0) is 6.67 Å². The number of rotatable bonds is 3. The highest BCUT2D eigenvalue weighted by Crippen LogP contribution is 2.21. The number of aryl methyl sites for hydroxylation is 1. The molecule has 1 aliphatic heterocycles. The molecule has 0 saturated carbocycles. The van der Waals surface area contributed by atoms with Gasteiger partial charge in [-0.25, -0.2) is 4.79 Å². The molecule has 5 nitrogen and oxygen atoms in total. The molecule has 4 rings (SSSR count). The minimum absolute atomic E-state index is 0.280. The summed E-state index contributed by atoms with van der Waals surface area (Å²) >= 11 is 0. The summed E-state index contributed by atoms with van der Waals surface area (Å²) < 4.78 is 7.04. The van der Waals surface area contributed by atoms with Crippen molar-refractivity contribution in [2.24, 2.45) is 0 Å². The smallest absolute Gasteiger partial charge is 0.408 e. The Hall–Kier alpha value is -2.53. The molecule has 0 atom stereocenters. The topological polar surface area (TPSA) is 41.6 Å². The van der Waals surface area contributed by atoms with Crippen LogP contribution >= 0.6 is 0 Å². The second kappa shape index (κ2) is 6.17. The van der Waals surface area contributed by atoms with Gasteiger partial charge in [0.05, 0.1) is 12.2 Å². The normalized spacial score (nSPS) is 16.0. The van der Waals surface area contributed by atoms with E-state index in [1.54, 1.807) is 4.57 Å². The third kappa shape index (κ3) is 2.71. The molecule has 0 amide bonds. The highest BCUT2D eigenvalue weighted by molar-refractivity contribution is 5.72. The van der Waals surface area contributed by atoms with Crippen LogP contribution in [0.3, 0.4) is 0 Å². The number of fused-ring (bicyclic) bond motifs is 1. The molecule has 0 N–H and O–H groups in total. The summed E-state index contributed by atoms with van der Waals surface area (Å²) in [5, 5.41) is 0. The lowest BCUT2D eigenvalue weighted by Gasteiger charge is -2.36. The molecular weight excluding hydrogens is 302 g/mol. The second-order valence-corrected chi connectivity index (χ2v) is 6.30. The van der Waals surface area contributed by atoms with Gasteiger partial charge in [0.1, 0.15) is 0 Å². The number of para-hydroxylation sites is 3. The second-order valence-electron chi connectivity index (χ2n) is 6.30. The fourth-order valence-electron chi connectivity index (χ4n) is 3.40. The van der Waals surface area contributed by atoms with Gasteiger partial charge in [0.2, 0.25) is 0 Å². The number of hydrogen-bond acceptors (Lipinski definition) is 4. The Bertz CT molecular complexity index is 904. The molecule has 124 valence electrons. The molecule has 1 aromatic heterocycles. The van der Waals surface area contributed by atoms with Gasteiger partial charge in [0.25, 0.3) is 0 Å². The summed E-state index contributed by atoms with van der Waals surface area (Å²) in [6.45, 7) is 6.53. The lowest BCUT2D eigenvalue weighted by molar-refractivity contribution is 0.202. The van der Waals surface area contributed by atoms with Gasteiger partial charge in [-0.15, -0.1) is 0 Å². The first-order valence-corrected chi connectivity index (χ1v) is 8.34. The fraction of sp³-hybridized carbons (Fsp3) is 0.316. The molecule has 5 heteroatoms. The van der Waals surface area contributed by atoms with Crippen molar-refractivity contribution < 1.29 is 4.42 Å². The molecule has 3 aromatic rings. The van der Waals surface area contributed by atoms with Gasteiger partial charge in [-0.1, -0.05) is 30.3 Å². The predicted octanol–water partition coefficient (Wildman–Crippen LogP) is 2.68. The lowest BCUT2D eigenvalue weighted by atomic mass is 10.1. The maximum absolute atomic E-state index is 12.1. The highest BCUT2D eigenvalue weighted by Gasteiger charge is 2.20. The van der Waals surface area contributed by atoms with Crippen LogP contribution in [0.15, 0.2) is 57.7 Å². The minimum atomic E-state index is -0.280. The Kier molecular flexibility index (Phi) is 3.86. The molecule has 2 aromatic carbocycles. The van der Waals surface area contributed by atoms with Crippen molar-refractivity contribution in [3.05, 3.63) is 64.6 Å². The third-order valence-corrected chi connectivity index (χ3v) is 4.74. The van der Waals surface area contributed by atoms with Crippen LogP contribution in [0.2, 0.25) is 0 Å². The summed E-state index contributed by atoms with van der Waals surface area (Å²) in [5.41, 5.74) is 4.14. The molecule has 0 bridgehead atoms. The average Bonchev–Trinajstić information content (AvgIpc) is 2.92. The number of hydrogen-bond donors (Lipinski definition) is 0. The third-order valence-electron chi connectivity index (χ3n) is 4.74. The molecule has 1 fully saturated rings. The molecule has 24 heavy (non-hydrogen) atoms. The van der Waals surface area contributed by atoms with E-state index < -0.39 is 0 Å². The van der Waals surface area contributed by atoms with Crippen molar-refractivity contribution in [1.82, 2.24) is 9.47 Å². The van der Waals surface area contributed by atoms with Crippen LogP contribution < -0.4 is 10.7 Å². The fourth-order valence-corrected chi connectivity index (χ4v) is 3.40. The lowest BCUT2D eigenvalue weighted by Crippen LogP contribution is -2.47. The van der Waals surface area contributed by atoms with Crippen molar-refractivity contribution in [2.45, 2.75) is 13.6 Å². The Morgan fingerprint density at radius 3 is 2.46 bits per heavy atom. The van der Waals surface area contributed by atoms with Crippen molar-refractivity contribution in [1.29, 1.82) is 0 Å². The zero-order valence-electron chi connectivity index (χ0n) is 13.8. The van der Waals surface area contributed by atoms with E-state index in [9.17, 15) is 4.79 Å². The van der Waals surface area contributed by atoms with Crippen LogP contribution in [0.4, 0.5) is 5.69 Å². The Morgan fingerprint density at radius 2 is 1.67 bits per heavy atom. The molecular formula is C19H21N3O2. The maximum Gasteiger partial charge on any atom is 0.421 e. The van der Waals surface area contributed by atoms with Crippen LogP contribution in [0, 0.1) is 6.92 Å². The van der Waals surface area contributed by atoms with Crippen LogP contribution in [-0.4, -0.2) is 35.6 Å². The van der Waals surface area contributed by atoms with Gasteiger partial charge in [-0.2, -0.15) is 0 Å². The Morgan fingerprint density at radius 1 is 0.958 bits per heavy atom. The van der Waals surface area contributed by atoms with Gasteiger partial charge in [0, 0.05) is 31.9 Å². The molecule has 0 spiro atoms.